The van der Waals surface area contributed by atoms with Crippen molar-refractivity contribution in [1.29, 1.82) is 0 Å². The second kappa shape index (κ2) is 7.88. The largest absolute Gasteiger partial charge is 0.339 e. The van der Waals surface area contributed by atoms with E-state index in [0.29, 0.717) is 37.7 Å². The molecule has 1 aromatic rings. The van der Waals surface area contributed by atoms with Crippen LogP contribution < -0.4 is 5.32 Å². The van der Waals surface area contributed by atoms with Crippen molar-refractivity contribution in [1.82, 2.24) is 15.1 Å². The average molecular weight is 352 g/mol. The summed E-state index contributed by atoms with van der Waals surface area (Å²) < 4.78 is 0. The van der Waals surface area contributed by atoms with Crippen LogP contribution in [-0.2, 0) is 11.2 Å². The summed E-state index contributed by atoms with van der Waals surface area (Å²) in [6.45, 7) is 8.67. The predicted octanol–water partition coefficient (Wildman–Crippen LogP) is 2.78. The maximum Gasteiger partial charge on any atom is 0.317 e. The second-order valence-corrected chi connectivity index (χ2v) is 7.58. The fourth-order valence-corrected chi connectivity index (χ4v) is 2.92. The van der Waals surface area contributed by atoms with Gasteiger partial charge in [0.15, 0.2) is 0 Å². The predicted molar refractivity (Wildman–Crippen MR) is 96.2 cm³/mol. The normalized spacial score (nSPS) is 15.3. The van der Waals surface area contributed by atoms with Crippen LogP contribution in [-0.4, -0.2) is 54.5 Å². The third-order valence-electron chi connectivity index (χ3n) is 4.07. The number of nitrogens with one attached hydrogen (secondary N) is 1. The van der Waals surface area contributed by atoms with Gasteiger partial charge in [-0.25, -0.2) is 4.79 Å². The summed E-state index contributed by atoms with van der Waals surface area (Å²) in [6.07, 6.45) is 0.745. The first-order valence-electron chi connectivity index (χ1n) is 8.34. The lowest BCUT2D eigenvalue weighted by molar-refractivity contribution is -0.140. The van der Waals surface area contributed by atoms with Crippen molar-refractivity contribution >= 4 is 23.5 Å². The Kier molecular flexibility index (Phi) is 6.10. The molecule has 1 aliphatic rings. The number of amides is 3. The van der Waals surface area contributed by atoms with Gasteiger partial charge in [-0.2, -0.15) is 0 Å². The molecule has 0 aromatic heterocycles. The van der Waals surface area contributed by atoms with Crippen molar-refractivity contribution in [2.75, 3.05) is 32.7 Å². The molecule has 1 N–H and O–H groups in total. The highest BCUT2D eigenvalue weighted by Gasteiger charge is 2.30. The molecule has 5 nitrogen and oxygen atoms in total. The van der Waals surface area contributed by atoms with E-state index in [2.05, 4.69) is 5.32 Å². The quantitative estimate of drug-likeness (QED) is 0.910. The SMILES string of the molecule is CC(C)(C)C(=O)N1CCN(C(=O)NCCc2cccc(Cl)c2)CC1. The standard InChI is InChI=1S/C18H26ClN3O2/c1-18(2,3)16(23)21-9-11-22(12-10-21)17(24)20-8-7-14-5-4-6-15(19)13-14/h4-6,13H,7-12H2,1-3H3,(H,20,24). The van der Waals surface area contributed by atoms with E-state index < -0.39 is 0 Å². The number of rotatable bonds is 3. The highest BCUT2D eigenvalue weighted by atomic mass is 35.5. The van der Waals surface area contributed by atoms with E-state index in [4.69, 9.17) is 11.6 Å². The van der Waals surface area contributed by atoms with E-state index in [1.165, 1.54) is 0 Å². The molecule has 1 saturated heterocycles. The van der Waals surface area contributed by atoms with Crippen LogP contribution in [0.15, 0.2) is 24.3 Å². The lowest BCUT2D eigenvalue weighted by Gasteiger charge is -2.37. The van der Waals surface area contributed by atoms with Crippen LogP contribution in [0.4, 0.5) is 4.79 Å². The third-order valence-corrected chi connectivity index (χ3v) is 4.31. The Balaban J connectivity index is 1.74. The molecule has 1 aromatic carbocycles. The summed E-state index contributed by atoms with van der Waals surface area (Å²) >= 11 is 5.95. The summed E-state index contributed by atoms with van der Waals surface area (Å²) in [7, 11) is 0. The molecule has 3 amide bonds. The topological polar surface area (TPSA) is 52.7 Å². The summed E-state index contributed by atoms with van der Waals surface area (Å²) in [5.74, 6) is 0.142. The average Bonchev–Trinajstić information content (AvgIpc) is 2.53. The third kappa shape index (κ3) is 5.13. The number of halogens is 1. The Morgan fingerprint density at radius 1 is 1.12 bits per heavy atom. The number of carbonyl (C=O) groups excluding carboxylic acids is 2. The number of carbonyl (C=O) groups is 2. The number of urea groups is 1. The van der Waals surface area contributed by atoms with Crippen molar-refractivity contribution in [2.24, 2.45) is 5.41 Å². The van der Waals surface area contributed by atoms with Crippen LogP contribution in [0.25, 0.3) is 0 Å². The molecule has 0 radical (unpaired) electrons. The molecule has 1 aliphatic heterocycles. The molecule has 0 atom stereocenters. The lowest BCUT2D eigenvalue weighted by atomic mass is 9.94. The van der Waals surface area contributed by atoms with Crippen molar-refractivity contribution < 1.29 is 9.59 Å². The van der Waals surface area contributed by atoms with Crippen LogP contribution in [0.2, 0.25) is 5.02 Å². The molecular formula is C18H26ClN3O2. The van der Waals surface area contributed by atoms with E-state index in [1.54, 1.807) is 4.90 Å². The molecule has 1 fully saturated rings. The van der Waals surface area contributed by atoms with E-state index in [-0.39, 0.29) is 17.4 Å². The van der Waals surface area contributed by atoms with Gasteiger partial charge in [0.2, 0.25) is 5.91 Å². The van der Waals surface area contributed by atoms with Crippen molar-refractivity contribution in [3.63, 3.8) is 0 Å². The number of nitrogens with zero attached hydrogens (tertiary/aromatic N) is 2. The van der Waals surface area contributed by atoms with Gasteiger partial charge in [0.05, 0.1) is 0 Å². The van der Waals surface area contributed by atoms with Crippen LogP contribution in [0.1, 0.15) is 26.3 Å². The maximum atomic E-state index is 12.2. The summed E-state index contributed by atoms with van der Waals surface area (Å²) in [5.41, 5.74) is 0.727. The molecule has 0 spiro atoms. The molecule has 2 rings (SSSR count). The Bertz CT molecular complexity index is 590. The first-order valence-corrected chi connectivity index (χ1v) is 8.72. The zero-order valence-corrected chi connectivity index (χ0v) is 15.4. The molecule has 0 saturated carbocycles. The molecule has 1 heterocycles. The number of piperazine rings is 1. The van der Waals surface area contributed by atoms with Crippen LogP contribution in [0.5, 0.6) is 0 Å². The van der Waals surface area contributed by atoms with E-state index in [0.717, 1.165) is 12.0 Å². The van der Waals surface area contributed by atoms with E-state index >= 15 is 0 Å². The fourth-order valence-electron chi connectivity index (χ4n) is 2.71. The molecular weight excluding hydrogens is 326 g/mol. The van der Waals surface area contributed by atoms with Crippen molar-refractivity contribution in [3.05, 3.63) is 34.9 Å². The first-order chi connectivity index (χ1) is 11.3. The minimum absolute atomic E-state index is 0.0696. The lowest BCUT2D eigenvalue weighted by Crippen LogP contribution is -2.55. The molecule has 0 bridgehead atoms. The summed E-state index contributed by atoms with van der Waals surface area (Å²) in [4.78, 5) is 28.1. The monoisotopic (exact) mass is 351 g/mol. The van der Waals surface area contributed by atoms with E-state index in [9.17, 15) is 9.59 Å². The number of benzene rings is 1. The Morgan fingerprint density at radius 3 is 2.33 bits per heavy atom. The fraction of sp³-hybridized carbons (Fsp3) is 0.556. The molecule has 0 unspecified atom stereocenters. The molecule has 0 aliphatic carbocycles. The Morgan fingerprint density at radius 2 is 1.75 bits per heavy atom. The number of hydrogen-bond donors (Lipinski definition) is 1. The minimum atomic E-state index is -0.374. The highest BCUT2D eigenvalue weighted by molar-refractivity contribution is 6.30. The summed E-state index contributed by atoms with van der Waals surface area (Å²) in [5, 5.41) is 3.64. The highest BCUT2D eigenvalue weighted by Crippen LogP contribution is 2.18. The second-order valence-electron chi connectivity index (χ2n) is 7.14. The van der Waals surface area contributed by atoms with Gasteiger partial charge in [0, 0.05) is 43.2 Å². The van der Waals surface area contributed by atoms with Crippen molar-refractivity contribution in [2.45, 2.75) is 27.2 Å². The molecule has 24 heavy (non-hydrogen) atoms. The van der Waals surface area contributed by atoms with Gasteiger partial charge < -0.3 is 15.1 Å². The van der Waals surface area contributed by atoms with Gasteiger partial charge in [-0.05, 0) is 24.1 Å². The van der Waals surface area contributed by atoms with Gasteiger partial charge in [-0.15, -0.1) is 0 Å². The van der Waals surface area contributed by atoms with Crippen LogP contribution in [0.3, 0.4) is 0 Å². The molecule has 132 valence electrons. The number of hydrogen-bond acceptors (Lipinski definition) is 2. The Hall–Kier alpha value is -1.75. The zero-order chi connectivity index (χ0) is 17.7. The zero-order valence-electron chi connectivity index (χ0n) is 14.6. The van der Waals surface area contributed by atoms with Gasteiger partial charge in [0.25, 0.3) is 0 Å². The van der Waals surface area contributed by atoms with Crippen LogP contribution in [0, 0.1) is 5.41 Å². The van der Waals surface area contributed by atoms with Gasteiger partial charge >= 0.3 is 6.03 Å². The summed E-state index contributed by atoms with van der Waals surface area (Å²) in [6, 6.07) is 7.58. The minimum Gasteiger partial charge on any atom is -0.339 e. The Labute approximate surface area is 149 Å². The van der Waals surface area contributed by atoms with Gasteiger partial charge in [0.1, 0.15) is 0 Å². The van der Waals surface area contributed by atoms with Crippen LogP contribution >= 0.6 is 11.6 Å². The molecule has 6 heteroatoms. The van der Waals surface area contributed by atoms with Gasteiger partial charge in [-0.3, -0.25) is 4.79 Å². The van der Waals surface area contributed by atoms with E-state index in [1.807, 2.05) is 49.9 Å². The maximum absolute atomic E-state index is 12.2. The first kappa shape index (κ1) is 18.6. The smallest absolute Gasteiger partial charge is 0.317 e. The van der Waals surface area contributed by atoms with Gasteiger partial charge in [-0.1, -0.05) is 44.5 Å². The van der Waals surface area contributed by atoms with Crippen molar-refractivity contribution in [3.8, 4) is 0 Å².